The van der Waals surface area contributed by atoms with Gasteiger partial charge in [-0.05, 0) is 12.1 Å². The lowest BCUT2D eigenvalue weighted by molar-refractivity contribution is -0.131. The second kappa shape index (κ2) is 5.16. The maximum Gasteiger partial charge on any atom is 0.239 e. The number of carbonyl (C=O) groups is 1. The van der Waals surface area contributed by atoms with Gasteiger partial charge in [-0.3, -0.25) is 9.52 Å². The van der Waals surface area contributed by atoms with E-state index in [4.69, 9.17) is 11.6 Å². The Morgan fingerprint density at radius 3 is 2.50 bits per heavy atom. The fourth-order valence-electron chi connectivity index (χ4n) is 1.68. The molecule has 0 radical (unpaired) electrons. The molecule has 0 aliphatic carbocycles. The number of hydrogen-bond acceptors (Lipinski definition) is 3. The van der Waals surface area contributed by atoms with Gasteiger partial charge in [0.15, 0.2) is 0 Å². The van der Waals surface area contributed by atoms with Gasteiger partial charge in [-0.2, -0.15) is 0 Å². The zero-order chi connectivity index (χ0) is 13.2. The number of para-hydroxylation sites is 1. The number of halogens is 1. The van der Waals surface area contributed by atoms with Crippen LogP contribution in [-0.4, -0.2) is 43.4 Å². The first kappa shape index (κ1) is 13.2. The molecule has 1 aliphatic heterocycles. The van der Waals surface area contributed by atoms with Crippen molar-refractivity contribution in [3.05, 3.63) is 30.3 Å². The number of alkyl halides is 1. The summed E-state index contributed by atoms with van der Waals surface area (Å²) in [5.74, 6) is -0.346. The predicted molar refractivity (Wildman–Crippen MR) is 70.1 cm³/mol. The highest BCUT2D eigenvalue weighted by molar-refractivity contribution is 7.93. The van der Waals surface area contributed by atoms with Crippen LogP contribution in [0.2, 0.25) is 0 Å². The number of hydrogen-bond donors (Lipinski definition) is 1. The van der Waals surface area contributed by atoms with Crippen molar-refractivity contribution in [1.29, 1.82) is 0 Å². The van der Waals surface area contributed by atoms with E-state index in [-0.39, 0.29) is 24.9 Å². The molecule has 0 aromatic heterocycles. The number of likely N-dealkylation sites (tertiary alicyclic amines) is 1. The van der Waals surface area contributed by atoms with Crippen LogP contribution >= 0.6 is 11.6 Å². The quantitative estimate of drug-likeness (QED) is 0.837. The molecule has 18 heavy (non-hydrogen) atoms. The lowest BCUT2D eigenvalue weighted by atomic mass is 10.2. The highest BCUT2D eigenvalue weighted by Crippen LogP contribution is 2.19. The standard InChI is InChI=1S/C11H13ClN2O3S/c12-6-11(15)14-7-10(8-14)18(16,17)13-9-4-2-1-3-5-9/h1-5,10,13H,6-8H2. The molecular weight excluding hydrogens is 276 g/mol. The van der Waals surface area contributed by atoms with E-state index in [1.54, 1.807) is 24.3 Å². The summed E-state index contributed by atoms with van der Waals surface area (Å²) in [7, 11) is -3.44. The van der Waals surface area contributed by atoms with E-state index < -0.39 is 15.3 Å². The Hall–Kier alpha value is -1.27. The molecule has 0 unspecified atom stereocenters. The molecule has 98 valence electrons. The van der Waals surface area contributed by atoms with E-state index in [9.17, 15) is 13.2 Å². The van der Waals surface area contributed by atoms with Crippen molar-refractivity contribution in [3.8, 4) is 0 Å². The molecule has 1 amide bonds. The Bertz CT molecular complexity index is 526. The highest BCUT2D eigenvalue weighted by Gasteiger charge is 2.39. The minimum atomic E-state index is -3.44. The second-order valence-corrected chi connectivity index (χ2v) is 6.30. The largest absolute Gasteiger partial charge is 0.339 e. The summed E-state index contributed by atoms with van der Waals surface area (Å²) in [4.78, 5) is 12.6. The number of nitrogens with one attached hydrogen (secondary N) is 1. The van der Waals surface area contributed by atoms with Crippen LogP contribution in [0.5, 0.6) is 0 Å². The first-order valence-corrected chi connectivity index (χ1v) is 7.51. The second-order valence-electron chi connectivity index (χ2n) is 4.07. The van der Waals surface area contributed by atoms with Crippen molar-refractivity contribution >= 4 is 33.2 Å². The number of amides is 1. The van der Waals surface area contributed by atoms with Crippen molar-refractivity contribution in [1.82, 2.24) is 4.90 Å². The highest BCUT2D eigenvalue weighted by atomic mass is 35.5. The summed E-state index contributed by atoms with van der Waals surface area (Å²) < 4.78 is 26.4. The molecular formula is C11H13ClN2O3S. The summed E-state index contributed by atoms with van der Waals surface area (Å²) in [5.41, 5.74) is 0.527. The molecule has 0 spiro atoms. The van der Waals surface area contributed by atoms with Crippen LogP contribution in [0.15, 0.2) is 30.3 Å². The zero-order valence-electron chi connectivity index (χ0n) is 9.54. The van der Waals surface area contributed by atoms with Crippen LogP contribution in [0.1, 0.15) is 0 Å². The SMILES string of the molecule is O=C(CCl)N1CC(S(=O)(=O)Nc2ccccc2)C1. The zero-order valence-corrected chi connectivity index (χ0v) is 11.1. The fraction of sp³-hybridized carbons (Fsp3) is 0.364. The Morgan fingerprint density at radius 1 is 1.33 bits per heavy atom. The van der Waals surface area contributed by atoms with E-state index in [0.29, 0.717) is 5.69 Å². The van der Waals surface area contributed by atoms with Crippen molar-refractivity contribution in [2.24, 2.45) is 0 Å². The lowest BCUT2D eigenvalue weighted by Gasteiger charge is -2.38. The van der Waals surface area contributed by atoms with Gasteiger partial charge in [0, 0.05) is 18.8 Å². The van der Waals surface area contributed by atoms with Gasteiger partial charge < -0.3 is 4.90 Å². The van der Waals surface area contributed by atoms with Gasteiger partial charge in [0.25, 0.3) is 0 Å². The average Bonchev–Trinajstić information content (AvgIpc) is 2.27. The van der Waals surface area contributed by atoms with Crippen LogP contribution in [0.4, 0.5) is 5.69 Å². The van der Waals surface area contributed by atoms with Gasteiger partial charge in [-0.15, -0.1) is 11.6 Å². The molecule has 1 N–H and O–H groups in total. The molecule has 1 heterocycles. The first-order chi connectivity index (χ1) is 8.53. The van der Waals surface area contributed by atoms with Crippen LogP contribution in [-0.2, 0) is 14.8 Å². The van der Waals surface area contributed by atoms with Gasteiger partial charge in [-0.1, -0.05) is 18.2 Å². The molecule has 0 saturated carbocycles. The van der Waals surface area contributed by atoms with Gasteiger partial charge in [0.1, 0.15) is 11.1 Å². The van der Waals surface area contributed by atoms with Gasteiger partial charge in [0.05, 0.1) is 0 Å². The van der Waals surface area contributed by atoms with E-state index in [2.05, 4.69) is 4.72 Å². The molecule has 5 nitrogen and oxygen atoms in total. The number of rotatable bonds is 4. The summed E-state index contributed by atoms with van der Waals surface area (Å²) in [6.45, 7) is 0.404. The van der Waals surface area contributed by atoms with E-state index in [1.807, 2.05) is 6.07 Å². The normalized spacial score (nSPS) is 16.2. The van der Waals surface area contributed by atoms with Crippen molar-refractivity contribution in [3.63, 3.8) is 0 Å². The Kier molecular flexibility index (Phi) is 3.77. The van der Waals surface area contributed by atoms with Crippen LogP contribution in [0.3, 0.4) is 0 Å². The summed E-state index contributed by atoms with van der Waals surface area (Å²) in [6, 6.07) is 8.67. The van der Waals surface area contributed by atoms with Gasteiger partial charge in [-0.25, -0.2) is 8.42 Å². The third kappa shape index (κ3) is 2.76. The molecule has 1 aromatic rings. The van der Waals surface area contributed by atoms with Gasteiger partial charge >= 0.3 is 0 Å². The van der Waals surface area contributed by atoms with E-state index in [1.165, 1.54) is 4.90 Å². The Balaban J connectivity index is 1.96. The first-order valence-electron chi connectivity index (χ1n) is 5.43. The predicted octanol–water partition coefficient (Wildman–Crippen LogP) is 0.878. The van der Waals surface area contributed by atoms with Crippen LogP contribution in [0, 0.1) is 0 Å². The number of anilines is 1. The average molecular weight is 289 g/mol. The minimum Gasteiger partial charge on any atom is -0.339 e. The Labute approximate surface area is 111 Å². The maximum atomic E-state index is 12.0. The van der Waals surface area contributed by atoms with E-state index >= 15 is 0 Å². The summed E-state index contributed by atoms with van der Waals surface area (Å²) >= 11 is 5.39. The van der Waals surface area contributed by atoms with Crippen molar-refractivity contribution in [2.45, 2.75) is 5.25 Å². The summed E-state index contributed by atoms with van der Waals surface area (Å²) in [6.07, 6.45) is 0. The number of benzene rings is 1. The number of carbonyl (C=O) groups excluding carboxylic acids is 1. The molecule has 2 rings (SSSR count). The summed E-state index contributed by atoms with van der Waals surface area (Å²) in [5, 5.41) is -0.565. The van der Waals surface area contributed by atoms with Crippen molar-refractivity contribution < 1.29 is 13.2 Å². The maximum absolute atomic E-state index is 12.0. The minimum absolute atomic E-state index is 0.112. The van der Waals surface area contributed by atoms with Crippen molar-refractivity contribution in [2.75, 3.05) is 23.7 Å². The third-order valence-electron chi connectivity index (χ3n) is 2.79. The van der Waals surface area contributed by atoms with Crippen LogP contribution < -0.4 is 4.72 Å². The van der Waals surface area contributed by atoms with E-state index in [0.717, 1.165) is 0 Å². The molecule has 1 aromatic carbocycles. The molecule has 1 fully saturated rings. The molecule has 0 bridgehead atoms. The van der Waals surface area contributed by atoms with Gasteiger partial charge in [0.2, 0.25) is 15.9 Å². The smallest absolute Gasteiger partial charge is 0.239 e. The fourth-order valence-corrected chi connectivity index (χ4v) is 3.23. The third-order valence-corrected chi connectivity index (χ3v) is 4.71. The molecule has 7 heteroatoms. The topological polar surface area (TPSA) is 66.5 Å². The number of sulfonamides is 1. The monoisotopic (exact) mass is 288 g/mol. The molecule has 0 atom stereocenters. The lowest BCUT2D eigenvalue weighted by Crippen LogP contribution is -2.58. The van der Waals surface area contributed by atoms with Crippen LogP contribution in [0.25, 0.3) is 0 Å². The number of nitrogens with zero attached hydrogens (tertiary/aromatic N) is 1. The molecule has 1 saturated heterocycles. The molecule has 1 aliphatic rings. The Morgan fingerprint density at radius 2 is 1.94 bits per heavy atom.